The van der Waals surface area contributed by atoms with Crippen LogP contribution in [0.1, 0.15) is 45.1 Å². The molecular weight excluding hydrogens is 237 g/mol. The highest BCUT2D eigenvalue weighted by Crippen LogP contribution is 2.49. The second kappa shape index (κ2) is 5.62. The Morgan fingerprint density at radius 1 is 1.16 bits per heavy atom. The van der Waals surface area contributed by atoms with Gasteiger partial charge in [-0.15, -0.1) is 0 Å². The predicted molar refractivity (Wildman–Crippen MR) is 78.9 cm³/mol. The van der Waals surface area contributed by atoms with Crippen molar-refractivity contribution in [3.63, 3.8) is 0 Å². The van der Waals surface area contributed by atoms with Gasteiger partial charge in [-0.1, -0.05) is 32.4 Å². The maximum Gasteiger partial charge on any atom is 0.123 e. The van der Waals surface area contributed by atoms with Crippen LogP contribution in [0.4, 0.5) is 4.39 Å². The summed E-state index contributed by atoms with van der Waals surface area (Å²) in [6, 6.07) is 7.75. The summed E-state index contributed by atoms with van der Waals surface area (Å²) in [5.74, 6) is 0.550. The Morgan fingerprint density at radius 2 is 1.74 bits per heavy atom. The van der Waals surface area contributed by atoms with Crippen LogP contribution < -0.4 is 0 Å². The van der Waals surface area contributed by atoms with Crippen molar-refractivity contribution in [2.75, 3.05) is 14.1 Å². The van der Waals surface area contributed by atoms with E-state index in [-0.39, 0.29) is 11.2 Å². The molecule has 2 heteroatoms. The van der Waals surface area contributed by atoms with Gasteiger partial charge in [0.1, 0.15) is 5.82 Å². The van der Waals surface area contributed by atoms with Crippen molar-refractivity contribution in [1.82, 2.24) is 4.90 Å². The van der Waals surface area contributed by atoms with Crippen LogP contribution >= 0.6 is 0 Å². The lowest BCUT2D eigenvalue weighted by Gasteiger charge is -2.51. The zero-order valence-electron chi connectivity index (χ0n) is 12.6. The number of nitrogens with zero attached hydrogens (tertiary/aromatic N) is 1. The summed E-state index contributed by atoms with van der Waals surface area (Å²) in [6.07, 6.45) is 4.95. The van der Waals surface area contributed by atoms with Gasteiger partial charge in [0.25, 0.3) is 0 Å². The van der Waals surface area contributed by atoms with Crippen LogP contribution in [0, 0.1) is 11.7 Å². The number of hydrogen-bond donors (Lipinski definition) is 0. The van der Waals surface area contributed by atoms with Gasteiger partial charge in [0, 0.05) is 11.5 Å². The first-order valence-electron chi connectivity index (χ1n) is 7.38. The van der Waals surface area contributed by atoms with E-state index in [1.807, 2.05) is 12.1 Å². The van der Waals surface area contributed by atoms with Crippen molar-refractivity contribution in [3.05, 3.63) is 35.6 Å². The molecule has 106 valence electrons. The van der Waals surface area contributed by atoms with Gasteiger partial charge in [-0.25, -0.2) is 4.39 Å². The molecule has 1 fully saturated rings. The van der Waals surface area contributed by atoms with Crippen LogP contribution in [-0.4, -0.2) is 25.0 Å². The van der Waals surface area contributed by atoms with E-state index in [0.29, 0.717) is 12.0 Å². The van der Waals surface area contributed by atoms with E-state index in [2.05, 4.69) is 32.8 Å². The van der Waals surface area contributed by atoms with E-state index in [9.17, 15) is 4.39 Å². The monoisotopic (exact) mass is 263 g/mol. The third kappa shape index (κ3) is 2.84. The Hall–Kier alpha value is -0.890. The minimum atomic E-state index is -0.136. The maximum atomic E-state index is 13.2. The molecule has 1 aliphatic rings. The van der Waals surface area contributed by atoms with Crippen LogP contribution in [-0.2, 0) is 5.41 Å². The summed E-state index contributed by atoms with van der Waals surface area (Å²) in [4.78, 5) is 2.36. The molecule has 1 saturated carbocycles. The van der Waals surface area contributed by atoms with Crippen molar-refractivity contribution in [2.24, 2.45) is 5.92 Å². The molecule has 19 heavy (non-hydrogen) atoms. The van der Waals surface area contributed by atoms with Crippen LogP contribution in [0.25, 0.3) is 0 Å². The number of hydrogen-bond acceptors (Lipinski definition) is 1. The minimum Gasteiger partial charge on any atom is -0.306 e. The minimum absolute atomic E-state index is 0.136. The lowest BCUT2D eigenvalue weighted by molar-refractivity contribution is 0.0808. The van der Waals surface area contributed by atoms with Gasteiger partial charge in [0.05, 0.1) is 0 Å². The smallest absolute Gasteiger partial charge is 0.123 e. The number of halogens is 1. The van der Waals surface area contributed by atoms with Crippen LogP contribution in [0.3, 0.4) is 0 Å². The van der Waals surface area contributed by atoms with Gasteiger partial charge in [-0.05, 0) is 57.0 Å². The first kappa shape index (κ1) is 14.5. The molecule has 0 amide bonds. The molecule has 0 saturated heterocycles. The van der Waals surface area contributed by atoms with Crippen LogP contribution in [0.5, 0.6) is 0 Å². The first-order valence-corrected chi connectivity index (χ1v) is 7.38. The Bertz CT molecular complexity index is 404. The highest BCUT2D eigenvalue weighted by Gasteiger charge is 2.46. The molecule has 2 rings (SSSR count). The topological polar surface area (TPSA) is 3.24 Å². The Balaban J connectivity index is 2.31. The maximum absolute atomic E-state index is 13.2. The number of likely N-dealkylation sites (N-methyl/N-ethyl adjacent to an activating group) is 1. The average molecular weight is 263 g/mol. The molecule has 0 aromatic heterocycles. The number of benzene rings is 1. The summed E-state index contributed by atoms with van der Waals surface area (Å²) in [6.45, 7) is 4.57. The molecule has 1 unspecified atom stereocenters. The fourth-order valence-electron chi connectivity index (χ4n) is 3.53. The van der Waals surface area contributed by atoms with E-state index in [0.717, 1.165) is 0 Å². The molecule has 0 N–H and O–H groups in total. The summed E-state index contributed by atoms with van der Waals surface area (Å²) >= 11 is 0. The second-order valence-electron chi connectivity index (χ2n) is 6.63. The predicted octanol–water partition coefficient (Wildman–Crippen LogP) is 4.22. The molecule has 1 aromatic carbocycles. The van der Waals surface area contributed by atoms with Gasteiger partial charge in [-0.2, -0.15) is 0 Å². The quantitative estimate of drug-likeness (QED) is 0.768. The second-order valence-corrected chi connectivity index (χ2v) is 6.63. The van der Waals surface area contributed by atoms with E-state index in [1.165, 1.54) is 31.2 Å². The summed E-state index contributed by atoms with van der Waals surface area (Å²) in [5.41, 5.74) is 1.56. The van der Waals surface area contributed by atoms with Gasteiger partial charge in [0.2, 0.25) is 0 Å². The number of rotatable bonds is 5. The molecular formula is C17H26FN. The summed E-state index contributed by atoms with van der Waals surface area (Å²) in [7, 11) is 4.35. The molecule has 1 atom stereocenters. The normalized spacial score (nSPS) is 19.5. The van der Waals surface area contributed by atoms with Crippen molar-refractivity contribution in [2.45, 2.75) is 51.0 Å². The van der Waals surface area contributed by atoms with Gasteiger partial charge < -0.3 is 4.90 Å². The van der Waals surface area contributed by atoms with E-state index in [4.69, 9.17) is 0 Å². The van der Waals surface area contributed by atoms with Gasteiger partial charge in [-0.3, -0.25) is 0 Å². The molecule has 1 aromatic rings. The van der Waals surface area contributed by atoms with Gasteiger partial charge >= 0.3 is 0 Å². The molecule has 1 aliphatic carbocycles. The zero-order chi connectivity index (χ0) is 14.0. The van der Waals surface area contributed by atoms with E-state index >= 15 is 0 Å². The first-order chi connectivity index (χ1) is 8.95. The van der Waals surface area contributed by atoms with E-state index in [1.54, 1.807) is 12.1 Å². The Morgan fingerprint density at radius 3 is 2.11 bits per heavy atom. The third-order valence-corrected chi connectivity index (χ3v) is 4.62. The largest absolute Gasteiger partial charge is 0.306 e. The highest BCUT2D eigenvalue weighted by atomic mass is 19.1. The average Bonchev–Trinajstić information content (AvgIpc) is 2.28. The van der Waals surface area contributed by atoms with Gasteiger partial charge in [0.15, 0.2) is 0 Å². The summed E-state index contributed by atoms with van der Waals surface area (Å²) < 4.78 is 13.2. The molecule has 0 aliphatic heterocycles. The Kier molecular flexibility index (Phi) is 4.29. The molecule has 1 nitrogen and oxygen atoms in total. The fourth-order valence-corrected chi connectivity index (χ4v) is 3.53. The van der Waals surface area contributed by atoms with Crippen molar-refractivity contribution >= 4 is 0 Å². The lowest BCUT2D eigenvalue weighted by Crippen LogP contribution is -2.52. The molecule has 0 bridgehead atoms. The van der Waals surface area contributed by atoms with Crippen molar-refractivity contribution in [1.29, 1.82) is 0 Å². The SMILES string of the molecule is CC(C)CC(N(C)C)C1(c2ccc(F)cc2)CCC1. The zero-order valence-corrected chi connectivity index (χ0v) is 12.6. The third-order valence-electron chi connectivity index (χ3n) is 4.62. The fraction of sp³-hybridized carbons (Fsp3) is 0.647. The highest BCUT2D eigenvalue weighted by molar-refractivity contribution is 5.31. The lowest BCUT2D eigenvalue weighted by atomic mass is 9.58. The summed E-state index contributed by atoms with van der Waals surface area (Å²) in [5, 5.41) is 0. The van der Waals surface area contributed by atoms with Crippen LogP contribution in [0.2, 0.25) is 0 Å². The van der Waals surface area contributed by atoms with Crippen molar-refractivity contribution in [3.8, 4) is 0 Å². The van der Waals surface area contributed by atoms with Crippen LogP contribution in [0.15, 0.2) is 24.3 Å². The van der Waals surface area contributed by atoms with Crippen molar-refractivity contribution < 1.29 is 4.39 Å². The molecule has 0 radical (unpaired) electrons. The molecule has 0 spiro atoms. The Labute approximate surface area is 116 Å². The van der Waals surface area contributed by atoms with E-state index < -0.39 is 0 Å². The molecule has 0 heterocycles. The standard InChI is InChI=1S/C17H26FN/c1-13(2)12-16(19(3)4)17(10-5-11-17)14-6-8-15(18)9-7-14/h6-9,13,16H,5,10-12H2,1-4H3.